The predicted octanol–water partition coefficient (Wildman–Crippen LogP) is 3.58. The van der Waals surface area contributed by atoms with Crippen molar-refractivity contribution in [2.75, 3.05) is 6.61 Å². The van der Waals surface area contributed by atoms with Crippen molar-refractivity contribution in [1.29, 1.82) is 0 Å². The quantitative estimate of drug-likeness (QED) is 0.426. The molecule has 0 spiro atoms. The fourth-order valence-corrected chi connectivity index (χ4v) is 3.71. The van der Waals surface area contributed by atoms with Crippen LogP contribution in [0.3, 0.4) is 0 Å². The van der Waals surface area contributed by atoms with Gasteiger partial charge in [-0.2, -0.15) is 5.10 Å². The van der Waals surface area contributed by atoms with Crippen molar-refractivity contribution < 1.29 is 14.3 Å². The topological polar surface area (TPSA) is 99.0 Å². The Bertz CT molecular complexity index is 1360. The van der Waals surface area contributed by atoms with Crippen LogP contribution in [0.2, 0.25) is 0 Å². The minimum absolute atomic E-state index is 0.313. The average Bonchev–Trinajstić information content (AvgIpc) is 3.09. The second-order valence-electron chi connectivity index (χ2n) is 8.24. The molecule has 0 saturated heterocycles. The number of carbonyl (C=O) groups excluding carboxylic acids is 2. The zero-order valence-corrected chi connectivity index (χ0v) is 19.8. The fraction of sp³-hybridized carbons (Fsp3) is 0.269. The Labute approximate surface area is 198 Å². The third kappa shape index (κ3) is 5.11. The van der Waals surface area contributed by atoms with Gasteiger partial charge in [0.2, 0.25) is 0 Å². The van der Waals surface area contributed by atoms with Gasteiger partial charge in [-0.3, -0.25) is 9.48 Å². The highest BCUT2D eigenvalue weighted by molar-refractivity contribution is 5.94. The van der Waals surface area contributed by atoms with Crippen LogP contribution >= 0.6 is 0 Å². The Kier molecular flexibility index (Phi) is 6.67. The van der Waals surface area contributed by atoms with Crippen LogP contribution in [0.15, 0.2) is 48.5 Å². The molecule has 0 atom stereocenters. The summed E-state index contributed by atoms with van der Waals surface area (Å²) in [4.78, 5) is 33.7. The molecule has 1 amide bonds. The number of esters is 1. The molecule has 0 fully saturated rings. The van der Waals surface area contributed by atoms with Crippen molar-refractivity contribution in [1.82, 2.24) is 25.1 Å². The number of nitrogens with one attached hydrogen (secondary N) is 1. The summed E-state index contributed by atoms with van der Waals surface area (Å²) in [6.07, 6.45) is 0. The van der Waals surface area contributed by atoms with Gasteiger partial charge >= 0.3 is 5.97 Å². The van der Waals surface area contributed by atoms with Crippen molar-refractivity contribution in [2.24, 2.45) is 0 Å². The molecule has 174 valence electrons. The van der Waals surface area contributed by atoms with Gasteiger partial charge in [-0.1, -0.05) is 30.3 Å². The van der Waals surface area contributed by atoms with Gasteiger partial charge in [-0.05, 0) is 51.5 Å². The highest BCUT2D eigenvalue weighted by Gasteiger charge is 2.15. The van der Waals surface area contributed by atoms with Crippen molar-refractivity contribution in [3.63, 3.8) is 0 Å². The van der Waals surface area contributed by atoms with E-state index in [2.05, 4.69) is 32.5 Å². The maximum Gasteiger partial charge on any atom is 0.338 e. The summed E-state index contributed by atoms with van der Waals surface area (Å²) in [6.45, 7) is 8.26. The summed E-state index contributed by atoms with van der Waals surface area (Å²) in [5, 5.41) is 7.42. The van der Waals surface area contributed by atoms with Gasteiger partial charge in [0.1, 0.15) is 0 Å². The maximum absolute atomic E-state index is 12.4. The van der Waals surface area contributed by atoms with E-state index in [1.54, 1.807) is 18.2 Å². The number of rotatable bonds is 7. The van der Waals surface area contributed by atoms with Crippen LogP contribution in [0.25, 0.3) is 11.0 Å². The Morgan fingerprint density at radius 2 is 1.62 bits per heavy atom. The van der Waals surface area contributed by atoms with Crippen molar-refractivity contribution in [2.45, 2.75) is 40.8 Å². The molecule has 34 heavy (non-hydrogen) atoms. The lowest BCUT2D eigenvalue weighted by Crippen LogP contribution is -2.28. The van der Waals surface area contributed by atoms with Crippen LogP contribution in [0.4, 0.5) is 0 Å². The molecule has 0 saturated carbocycles. The molecule has 1 N–H and O–H groups in total. The first-order valence-electron chi connectivity index (χ1n) is 11.1. The van der Waals surface area contributed by atoms with Gasteiger partial charge < -0.3 is 10.1 Å². The number of amides is 1. The van der Waals surface area contributed by atoms with Crippen LogP contribution in [-0.4, -0.2) is 38.2 Å². The van der Waals surface area contributed by atoms with E-state index in [0.29, 0.717) is 29.7 Å². The molecule has 0 bridgehead atoms. The summed E-state index contributed by atoms with van der Waals surface area (Å²) in [5.41, 5.74) is 7.23. The van der Waals surface area contributed by atoms with E-state index >= 15 is 0 Å². The number of benzene rings is 2. The van der Waals surface area contributed by atoms with Crippen molar-refractivity contribution in [3.8, 4) is 0 Å². The van der Waals surface area contributed by atoms with Gasteiger partial charge in [0.05, 0.1) is 40.2 Å². The third-order valence-electron chi connectivity index (χ3n) is 5.81. The number of hydrogen-bond acceptors (Lipinski definition) is 6. The van der Waals surface area contributed by atoms with E-state index in [1.807, 2.05) is 50.6 Å². The number of aromatic nitrogens is 4. The summed E-state index contributed by atoms with van der Waals surface area (Å²) < 4.78 is 7.13. The van der Waals surface area contributed by atoms with Gasteiger partial charge in [0.25, 0.3) is 5.91 Å². The zero-order valence-electron chi connectivity index (χ0n) is 19.8. The van der Waals surface area contributed by atoms with E-state index in [0.717, 1.165) is 33.9 Å². The Balaban J connectivity index is 1.33. The molecular formula is C26H27N5O3. The highest BCUT2D eigenvalue weighted by atomic mass is 16.5. The van der Waals surface area contributed by atoms with Gasteiger partial charge in [0.15, 0.2) is 6.61 Å². The van der Waals surface area contributed by atoms with Crippen LogP contribution in [-0.2, 0) is 22.6 Å². The lowest BCUT2D eigenvalue weighted by Gasteiger charge is -2.09. The van der Waals surface area contributed by atoms with E-state index in [1.165, 1.54) is 0 Å². The number of fused-ring (bicyclic) bond motifs is 1. The maximum atomic E-state index is 12.4. The normalized spacial score (nSPS) is 10.9. The van der Waals surface area contributed by atoms with Crippen LogP contribution < -0.4 is 5.32 Å². The Morgan fingerprint density at radius 1 is 0.912 bits per heavy atom. The summed E-state index contributed by atoms with van der Waals surface area (Å²) in [6, 6.07) is 15.1. The molecule has 4 aromatic rings. The second-order valence-corrected chi connectivity index (χ2v) is 8.24. The van der Waals surface area contributed by atoms with Crippen LogP contribution in [0, 0.1) is 27.7 Å². The molecule has 0 unspecified atom stereocenters. The molecular weight excluding hydrogens is 430 g/mol. The Hall–Kier alpha value is -4.07. The molecule has 2 heterocycles. The highest BCUT2D eigenvalue weighted by Crippen LogP contribution is 2.16. The van der Waals surface area contributed by atoms with Gasteiger partial charge in [0, 0.05) is 17.8 Å². The first-order valence-corrected chi connectivity index (χ1v) is 11.1. The van der Waals surface area contributed by atoms with Crippen molar-refractivity contribution in [3.05, 3.63) is 88.0 Å². The summed E-state index contributed by atoms with van der Waals surface area (Å²) in [7, 11) is 0. The minimum Gasteiger partial charge on any atom is -0.452 e. The fourth-order valence-electron chi connectivity index (χ4n) is 3.71. The monoisotopic (exact) mass is 457 g/mol. The van der Waals surface area contributed by atoms with Gasteiger partial charge in [-0.25, -0.2) is 14.8 Å². The molecule has 4 rings (SSSR count). The smallest absolute Gasteiger partial charge is 0.338 e. The lowest BCUT2D eigenvalue weighted by atomic mass is 10.2. The van der Waals surface area contributed by atoms with Crippen LogP contribution in [0.1, 0.15) is 44.3 Å². The zero-order chi connectivity index (χ0) is 24.2. The Morgan fingerprint density at radius 3 is 2.35 bits per heavy atom. The first kappa shape index (κ1) is 23.1. The average molecular weight is 458 g/mol. The standard InChI is InChI=1S/C26H27N5O3/c1-16-17(2)29-24-12-21(10-11-23(24)28-16)26(33)34-15-25(32)27-13-22-18(3)30-31(19(22)4)14-20-8-6-5-7-9-20/h5-12H,13-15H2,1-4H3,(H,27,32). The first-order chi connectivity index (χ1) is 16.3. The molecule has 8 heteroatoms. The minimum atomic E-state index is -0.583. The number of carbonyl (C=O) groups is 2. The van der Waals surface area contributed by atoms with Crippen LogP contribution in [0.5, 0.6) is 0 Å². The molecule has 2 aromatic carbocycles. The molecule has 8 nitrogen and oxygen atoms in total. The lowest BCUT2D eigenvalue weighted by molar-refractivity contribution is -0.124. The van der Waals surface area contributed by atoms with Crippen molar-refractivity contribution >= 4 is 22.9 Å². The van der Waals surface area contributed by atoms with E-state index in [4.69, 9.17) is 4.74 Å². The molecule has 0 aliphatic heterocycles. The predicted molar refractivity (Wildman–Crippen MR) is 128 cm³/mol. The summed E-state index contributed by atoms with van der Waals surface area (Å²) >= 11 is 0. The molecule has 0 aliphatic carbocycles. The number of nitrogens with zero attached hydrogens (tertiary/aromatic N) is 4. The summed E-state index contributed by atoms with van der Waals surface area (Å²) in [5.74, 6) is -0.963. The molecule has 2 aromatic heterocycles. The number of hydrogen-bond donors (Lipinski definition) is 1. The second kappa shape index (κ2) is 9.82. The van der Waals surface area contributed by atoms with E-state index in [9.17, 15) is 9.59 Å². The molecule has 0 radical (unpaired) electrons. The number of aryl methyl sites for hydroxylation is 3. The molecule has 0 aliphatic rings. The number of ether oxygens (including phenoxy) is 1. The van der Waals surface area contributed by atoms with E-state index in [-0.39, 0.29) is 12.5 Å². The third-order valence-corrected chi connectivity index (χ3v) is 5.81. The van der Waals surface area contributed by atoms with E-state index < -0.39 is 5.97 Å². The SMILES string of the molecule is Cc1nc2ccc(C(=O)OCC(=O)NCc3c(C)nn(Cc4ccccc4)c3C)cc2nc1C. The van der Waals surface area contributed by atoms with Gasteiger partial charge in [-0.15, -0.1) is 0 Å². The largest absolute Gasteiger partial charge is 0.452 e.